The summed E-state index contributed by atoms with van der Waals surface area (Å²) < 4.78 is 16.6. The highest BCUT2D eigenvalue weighted by Gasteiger charge is 2.10. The van der Waals surface area contributed by atoms with Crippen molar-refractivity contribution in [3.63, 3.8) is 0 Å². The van der Waals surface area contributed by atoms with Gasteiger partial charge in [0.2, 0.25) is 0 Å². The normalized spacial score (nSPS) is 10.8. The minimum absolute atomic E-state index is 0.160. The van der Waals surface area contributed by atoms with Gasteiger partial charge in [-0.15, -0.1) is 0 Å². The topological polar surface area (TPSA) is 94.9 Å². The van der Waals surface area contributed by atoms with Crippen molar-refractivity contribution in [1.82, 2.24) is 15.4 Å². The Labute approximate surface area is 193 Å². The van der Waals surface area contributed by atoms with E-state index in [9.17, 15) is 4.79 Å². The molecule has 8 nitrogen and oxygen atoms in total. The highest BCUT2D eigenvalue weighted by Crippen LogP contribution is 2.23. The Morgan fingerprint density at radius 2 is 1.64 bits per heavy atom. The molecule has 3 rings (SSSR count). The number of hydrogen-bond donors (Lipinski definition) is 1. The van der Waals surface area contributed by atoms with Crippen molar-refractivity contribution in [2.75, 3.05) is 20.3 Å². The summed E-state index contributed by atoms with van der Waals surface area (Å²) in [5.74, 6) is 1.66. The van der Waals surface area contributed by atoms with Crippen LogP contribution >= 0.6 is 0 Å². The maximum absolute atomic E-state index is 12.5. The number of benzene rings is 2. The number of carbonyl (C=O) groups is 1. The number of hydrogen-bond acceptors (Lipinski definition) is 7. The first kappa shape index (κ1) is 23.7. The van der Waals surface area contributed by atoms with Crippen LogP contribution in [0, 0.1) is 0 Å². The molecule has 1 aromatic heterocycles. The Morgan fingerprint density at radius 3 is 2.24 bits per heavy atom. The molecule has 1 amide bonds. The molecule has 0 spiro atoms. The van der Waals surface area contributed by atoms with E-state index < -0.39 is 5.91 Å². The number of ether oxygens (including phenoxy) is 3. The Balaban J connectivity index is 1.70. The van der Waals surface area contributed by atoms with Crippen molar-refractivity contribution in [2.45, 2.75) is 26.7 Å². The first-order chi connectivity index (χ1) is 16.1. The average molecular weight is 449 g/mol. The number of methoxy groups -OCH3 is 1. The lowest BCUT2D eigenvalue weighted by atomic mass is 10.1. The summed E-state index contributed by atoms with van der Waals surface area (Å²) in [4.78, 5) is 21.1. The second kappa shape index (κ2) is 12.2. The van der Waals surface area contributed by atoms with Crippen molar-refractivity contribution < 1.29 is 19.0 Å². The summed E-state index contributed by atoms with van der Waals surface area (Å²) >= 11 is 0. The zero-order valence-corrected chi connectivity index (χ0v) is 19.1. The minimum Gasteiger partial charge on any atom is -0.497 e. The van der Waals surface area contributed by atoms with Crippen LogP contribution in [0.3, 0.4) is 0 Å². The highest BCUT2D eigenvalue weighted by atomic mass is 16.5. The molecule has 0 aliphatic rings. The average Bonchev–Trinajstić information content (AvgIpc) is 2.86. The molecule has 0 fully saturated rings. The summed E-state index contributed by atoms with van der Waals surface area (Å²) in [6.45, 7) is 5.30. The second-order valence-corrected chi connectivity index (χ2v) is 7.15. The monoisotopic (exact) mass is 448 g/mol. The van der Waals surface area contributed by atoms with Crippen LogP contribution in [0.4, 0.5) is 0 Å². The molecular formula is C25H28N4O4. The highest BCUT2D eigenvalue weighted by molar-refractivity contribution is 5.93. The predicted octanol–water partition coefficient (Wildman–Crippen LogP) is 4.49. The molecule has 2 aromatic carbocycles. The first-order valence-electron chi connectivity index (χ1n) is 10.8. The van der Waals surface area contributed by atoms with Crippen LogP contribution in [0.15, 0.2) is 60.0 Å². The van der Waals surface area contributed by atoms with Crippen LogP contribution in [0.25, 0.3) is 11.3 Å². The SMILES string of the molecule is CCCOc1cc(/C=N/NC(=O)c2cncc(-c3ccc(OC)cc3)n2)cc(OCCC)c1. The van der Waals surface area contributed by atoms with E-state index in [2.05, 4.69) is 20.5 Å². The molecule has 0 aliphatic heterocycles. The van der Waals surface area contributed by atoms with Gasteiger partial charge in [-0.3, -0.25) is 9.78 Å². The summed E-state index contributed by atoms with van der Waals surface area (Å²) in [6.07, 6.45) is 6.33. The van der Waals surface area contributed by atoms with Crippen molar-refractivity contribution >= 4 is 12.1 Å². The Morgan fingerprint density at radius 1 is 0.970 bits per heavy atom. The third-order valence-electron chi connectivity index (χ3n) is 4.48. The summed E-state index contributed by atoms with van der Waals surface area (Å²) in [5.41, 5.74) is 4.80. The van der Waals surface area contributed by atoms with Crippen molar-refractivity contribution in [2.24, 2.45) is 5.10 Å². The predicted molar refractivity (Wildman–Crippen MR) is 127 cm³/mol. The van der Waals surface area contributed by atoms with E-state index in [0.29, 0.717) is 30.4 Å². The van der Waals surface area contributed by atoms with E-state index in [1.807, 2.05) is 56.3 Å². The van der Waals surface area contributed by atoms with Gasteiger partial charge in [0.15, 0.2) is 0 Å². The van der Waals surface area contributed by atoms with Crippen LogP contribution in [-0.4, -0.2) is 42.4 Å². The number of nitrogens with one attached hydrogen (secondary N) is 1. The number of hydrazone groups is 1. The lowest BCUT2D eigenvalue weighted by Crippen LogP contribution is -2.19. The molecule has 8 heteroatoms. The molecule has 1 N–H and O–H groups in total. The smallest absolute Gasteiger partial charge is 0.291 e. The number of rotatable bonds is 11. The molecule has 1 heterocycles. The standard InChI is InChI=1S/C25H28N4O4/c1-4-10-32-21-12-18(13-22(14-21)33-11-5-2)15-27-29-25(30)24-17-26-16-23(28-24)19-6-8-20(31-3)9-7-19/h6-9,12-17H,4-5,10-11H2,1-3H3,(H,29,30)/b27-15+. The number of nitrogens with zero attached hydrogens (tertiary/aromatic N) is 3. The lowest BCUT2D eigenvalue weighted by Gasteiger charge is -2.10. The minimum atomic E-state index is -0.463. The van der Waals surface area contributed by atoms with E-state index in [-0.39, 0.29) is 5.69 Å². The summed E-state index contributed by atoms with van der Waals surface area (Å²) in [5, 5.41) is 4.07. The van der Waals surface area contributed by atoms with Crippen LogP contribution in [-0.2, 0) is 0 Å². The van der Waals surface area contributed by atoms with Crippen LogP contribution in [0.5, 0.6) is 17.2 Å². The van der Waals surface area contributed by atoms with Crippen LogP contribution in [0.1, 0.15) is 42.7 Å². The third-order valence-corrected chi connectivity index (χ3v) is 4.48. The van der Waals surface area contributed by atoms with Crippen LogP contribution in [0.2, 0.25) is 0 Å². The van der Waals surface area contributed by atoms with Gasteiger partial charge < -0.3 is 14.2 Å². The molecule has 172 valence electrons. The first-order valence-corrected chi connectivity index (χ1v) is 10.8. The van der Waals surface area contributed by atoms with Gasteiger partial charge in [-0.2, -0.15) is 5.10 Å². The Bertz CT molecular complexity index is 1060. The van der Waals surface area contributed by atoms with Crippen molar-refractivity contribution in [1.29, 1.82) is 0 Å². The molecule has 3 aromatic rings. The van der Waals surface area contributed by atoms with E-state index in [4.69, 9.17) is 14.2 Å². The van der Waals surface area contributed by atoms with E-state index in [1.165, 1.54) is 12.4 Å². The zero-order chi connectivity index (χ0) is 23.5. The van der Waals surface area contributed by atoms with E-state index in [0.717, 1.165) is 29.7 Å². The summed E-state index contributed by atoms with van der Waals surface area (Å²) in [7, 11) is 1.60. The van der Waals surface area contributed by atoms with Crippen LogP contribution < -0.4 is 19.6 Å². The quantitative estimate of drug-likeness (QED) is 0.343. The molecule has 0 bridgehead atoms. The molecule has 0 saturated heterocycles. The number of carbonyl (C=O) groups excluding carboxylic acids is 1. The van der Waals surface area contributed by atoms with Crippen molar-refractivity contribution in [3.05, 3.63) is 66.1 Å². The van der Waals surface area contributed by atoms with E-state index in [1.54, 1.807) is 13.3 Å². The zero-order valence-electron chi connectivity index (χ0n) is 19.1. The maximum atomic E-state index is 12.5. The fourth-order valence-electron chi connectivity index (χ4n) is 2.87. The maximum Gasteiger partial charge on any atom is 0.291 e. The largest absolute Gasteiger partial charge is 0.497 e. The van der Waals surface area contributed by atoms with Crippen molar-refractivity contribution in [3.8, 4) is 28.5 Å². The van der Waals surface area contributed by atoms with E-state index >= 15 is 0 Å². The fourth-order valence-corrected chi connectivity index (χ4v) is 2.87. The number of aromatic nitrogens is 2. The molecule has 0 aliphatic carbocycles. The van der Waals surface area contributed by atoms with Gasteiger partial charge in [0.1, 0.15) is 22.9 Å². The molecule has 33 heavy (non-hydrogen) atoms. The van der Waals surface area contributed by atoms with Gasteiger partial charge in [0, 0.05) is 17.2 Å². The van der Waals surface area contributed by atoms with Gasteiger partial charge >= 0.3 is 0 Å². The lowest BCUT2D eigenvalue weighted by molar-refractivity contribution is 0.0950. The molecule has 0 atom stereocenters. The molecular weight excluding hydrogens is 420 g/mol. The van der Waals surface area contributed by atoms with Gasteiger partial charge in [-0.05, 0) is 49.2 Å². The van der Waals surface area contributed by atoms with Gasteiger partial charge in [0.25, 0.3) is 5.91 Å². The molecule has 0 unspecified atom stereocenters. The van der Waals surface area contributed by atoms with Gasteiger partial charge in [0.05, 0.1) is 44.6 Å². The fraction of sp³-hybridized carbons (Fsp3) is 0.280. The molecule has 0 radical (unpaired) electrons. The third kappa shape index (κ3) is 7.03. The Kier molecular flexibility index (Phi) is 8.76. The van der Waals surface area contributed by atoms with Gasteiger partial charge in [-0.1, -0.05) is 13.8 Å². The summed E-state index contributed by atoms with van der Waals surface area (Å²) in [6, 6.07) is 12.9. The number of amides is 1. The van der Waals surface area contributed by atoms with Gasteiger partial charge in [-0.25, -0.2) is 10.4 Å². The molecule has 0 saturated carbocycles. The second-order valence-electron chi connectivity index (χ2n) is 7.15. The Hall–Kier alpha value is -3.94.